The molecule has 2 aromatic heterocycles. The number of hydrogen-bond acceptors (Lipinski definition) is 4. The van der Waals surface area contributed by atoms with Crippen molar-refractivity contribution in [3.05, 3.63) is 47.8 Å². The fourth-order valence-corrected chi connectivity index (χ4v) is 2.72. The van der Waals surface area contributed by atoms with Crippen molar-refractivity contribution < 1.29 is 9.53 Å². The number of amides is 1. The Balaban J connectivity index is 1.85. The van der Waals surface area contributed by atoms with Gasteiger partial charge in [0.2, 0.25) is 0 Å². The average Bonchev–Trinajstić information content (AvgIpc) is 2.95. The molecule has 2 aromatic rings. The zero-order chi connectivity index (χ0) is 14.8. The first-order valence-electron chi connectivity index (χ1n) is 6.89. The molecule has 0 unspecified atom stereocenters. The van der Waals surface area contributed by atoms with Crippen LogP contribution in [0.25, 0.3) is 0 Å². The Morgan fingerprint density at radius 3 is 3.00 bits per heavy atom. The van der Waals surface area contributed by atoms with Crippen LogP contribution in [0.3, 0.4) is 0 Å². The average molecular weight is 286 g/mol. The molecule has 0 N–H and O–H groups in total. The van der Waals surface area contributed by atoms with Crippen molar-refractivity contribution in [1.29, 1.82) is 0 Å². The predicted molar refractivity (Wildman–Crippen MR) is 76.9 cm³/mol. The molecule has 3 rings (SSSR count). The van der Waals surface area contributed by atoms with Gasteiger partial charge in [-0.1, -0.05) is 0 Å². The first kappa shape index (κ1) is 13.8. The van der Waals surface area contributed by atoms with Gasteiger partial charge in [-0.25, -0.2) is 4.98 Å². The highest BCUT2D eigenvalue weighted by Gasteiger charge is 2.28. The van der Waals surface area contributed by atoms with Crippen LogP contribution >= 0.6 is 0 Å². The summed E-state index contributed by atoms with van der Waals surface area (Å²) in [6, 6.07) is 1.97. The second kappa shape index (κ2) is 5.65. The molecule has 0 aromatic carbocycles. The Bertz CT molecular complexity index is 653. The first-order chi connectivity index (χ1) is 10.2. The minimum absolute atomic E-state index is 0.000229. The maximum absolute atomic E-state index is 12.6. The number of ether oxygens (including phenoxy) is 1. The standard InChI is InChI=1S/C15H18N4O2/c1-11-3-12(5-16-4-11)15(20)18-7-13-6-17-10-19(13)14(8-18)9-21-2/h3-6,10,14H,7-9H2,1-2H3/t14-/m0/s1. The van der Waals surface area contributed by atoms with Gasteiger partial charge in [0.15, 0.2) is 0 Å². The van der Waals surface area contributed by atoms with Crippen LogP contribution in [0, 0.1) is 6.92 Å². The lowest BCUT2D eigenvalue weighted by atomic mass is 10.1. The zero-order valence-electron chi connectivity index (χ0n) is 12.2. The number of nitrogens with zero attached hydrogens (tertiary/aromatic N) is 4. The Morgan fingerprint density at radius 2 is 2.24 bits per heavy atom. The molecule has 6 heteroatoms. The van der Waals surface area contributed by atoms with Crippen molar-refractivity contribution >= 4 is 5.91 Å². The van der Waals surface area contributed by atoms with Crippen molar-refractivity contribution in [3.8, 4) is 0 Å². The third-order valence-corrected chi connectivity index (χ3v) is 3.69. The molecule has 0 spiro atoms. The Labute approximate surface area is 123 Å². The molecule has 0 radical (unpaired) electrons. The van der Waals surface area contributed by atoms with Crippen LogP contribution in [0.1, 0.15) is 27.7 Å². The second-order valence-corrected chi connectivity index (χ2v) is 5.34. The van der Waals surface area contributed by atoms with Gasteiger partial charge in [0.1, 0.15) is 0 Å². The van der Waals surface area contributed by atoms with E-state index in [4.69, 9.17) is 4.74 Å². The monoisotopic (exact) mass is 286 g/mol. The Kier molecular flexibility index (Phi) is 3.70. The van der Waals surface area contributed by atoms with E-state index in [-0.39, 0.29) is 11.9 Å². The van der Waals surface area contributed by atoms with E-state index in [1.807, 2.05) is 17.9 Å². The van der Waals surface area contributed by atoms with Crippen molar-refractivity contribution in [2.75, 3.05) is 20.3 Å². The van der Waals surface area contributed by atoms with Crippen LogP contribution < -0.4 is 0 Å². The minimum Gasteiger partial charge on any atom is -0.382 e. The lowest BCUT2D eigenvalue weighted by Crippen LogP contribution is -2.42. The molecule has 1 amide bonds. The lowest BCUT2D eigenvalue weighted by molar-refractivity contribution is 0.0599. The van der Waals surface area contributed by atoms with E-state index < -0.39 is 0 Å². The number of carbonyl (C=O) groups excluding carboxylic acids is 1. The SMILES string of the molecule is COC[C@@H]1CN(C(=O)c2cncc(C)c2)Cc2cncn21. The van der Waals surface area contributed by atoms with E-state index in [0.717, 1.165) is 11.3 Å². The van der Waals surface area contributed by atoms with E-state index >= 15 is 0 Å². The van der Waals surface area contributed by atoms with Gasteiger partial charge in [0.05, 0.1) is 36.8 Å². The van der Waals surface area contributed by atoms with Gasteiger partial charge in [-0.3, -0.25) is 9.78 Å². The van der Waals surface area contributed by atoms with Crippen LogP contribution in [-0.4, -0.2) is 45.6 Å². The summed E-state index contributed by atoms with van der Waals surface area (Å²) in [6.45, 7) is 3.67. The van der Waals surface area contributed by atoms with Crippen LogP contribution in [0.4, 0.5) is 0 Å². The molecule has 1 atom stereocenters. The van der Waals surface area contributed by atoms with Crippen molar-refractivity contribution in [2.45, 2.75) is 19.5 Å². The number of imidazole rings is 1. The summed E-state index contributed by atoms with van der Waals surface area (Å²) in [6.07, 6.45) is 6.97. The van der Waals surface area contributed by atoms with Crippen LogP contribution in [0.5, 0.6) is 0 Å². The third kappa shape index (κ3) is 2.67. The summed E-state index contributed by atoms with van der Waals surface area (Å²) in [5.74, 6) is -0.000229. The number of rotatable bonds is 3. The summed E-state index contributed by atoms with van der Waals surface area (Å²) in [5.41, 5.74) is 2.63. The molecule has 3 heterocycles. The maximum Gasteiger partial charge on any atom is 0.255 e. The summed E-state index contributed by atoms with van der Waals surface area (Å²) in [4.78, 5) is 22.8. The minimum atomic E-state index is -0.000229. The normalized spacial score (nSPS) is 17.6. The summed E-state index contributed by atoms with van der Waals surface area (Å²) in [7, 11) is 1.67. The van der Waals surface area contributed by atoms with E-state index in [2.05, 4.69) is 14.5 Å². The van der Waals surface area contributed by atoms with Crippen molar-refractivity contribution in [2.24, 2.45) is 0 Å². The predicted octanol–water partition coefficient (Wildman–Crippen LogP) is 1.43. The van der Waals surface area contributed by atoms with Crippen LogP contribution in [0.15, 0.2) is 31.0 Å². The molecule has 0 fully saturated rings. The van der Waals surface area contributed by atoms with Gasteiger partial charge in [-0.2, -0.15) is 0 Å². The van der Waals surface area contributed by atoms with Crippen LogP contribution in [-0.2, 0) is 11.3 Å². The smallest absolute Gasteiger partial charge is 0.255 e. The topological polar surface area (TPSA) is 60.2 Å². The second-order valence-electron chi connectivity index (χ2n) is 5.34. The maximum atomic E-state index is 12.6. The highest BCUT2D eigenvalue weighted by Crippen LogP contribution is 2.22. The zero-order valence-corrected chi connectivity index (χ0v) is 12.2. The summed E-state index contributed by atoms with van der Waals surface area (Å²) >= 11 is 0. The van der Waals surface area contributed by atoms with Gasteiger partial charge >= 0.3 is 0 Å². The first-order valence-corrected chi connectivity index (χ1v) is 6.89. The number of methoxy groups -OCH3 is 1. The molecule has 0 saturated heterocycles. The van der Waals surface area contributed by atoms with Crippen molar-refractivity contribution in [3.63, 3.8) is 0 Å². The molecular formula is C15H18N4O2. The number of hydrogen-bond donors (Lipinski definition) is 0. The lowest BCUT2D eigenvalue weighted by Gasteiger charge is -2.34. The molecule has 1 aliphatic heterocycles. The molecular weight excluding hydrogens is 268 g/mol. The largest absolute Gasteiger partial charge is 0.382 e. The van der Waals surface area contributed by atoms with Gasteiger partial charge in [-0.15, -0.1) is 0 Å². The molecule has 0 aliphatic carbocycles. The highest BCUT2D eigenvalue weighted by molar-refractivity contribution is 5.94. The fraction of sp³-hybridized carbons (Fsp3) is 0.400. The number of carbonyl (C=O) groups is 1. The van der Waals surface area contributed by atoms with Crippen LogP contribution in [0.2, 0.25) is 0 Å². The molecule has 21 heavy (non-hydrogen) atoms. The van der Waals surface area contributed by atoms with Gasteiger partial charge < -0.3 is 14.2 Å². The number of aryl methyl sites for hydroxylation is 1. The summed E-state index contributed by atoms with van der Waals surface area (Å²) in [5, 5.41) is 0. The number of fused-ring (bicyclic) bond motifs is 1. The molecule has 0 bridgehead atoms. The molecule has 6 nitrogen and oxygen atoms in total. The number of pyridine rings is 1. The van der Waals surface area contributed by atoms with Gasteiger partial charge in [0, 0.05) is 32.2 Å². The van der Waals surface area contributed by atoms with E-state index in [9.17, 15) is 4.79 Å². The molecule has 1 aliphatic rings. The Hall–Kier alpha value is -2.21. The molecule has 0 saturated carbocycles. The highest BCUT2D eigenvalue weighted by atomic mass is 16.5. The van der Waals surface area contributed by atoms with E-state index in [0.29, 0.717) is 25.3 Å². The quantitative estimate of drug-likeness (QED) is 0.856. The molecule has 110 valence electrons. The summed E-state index contributed by atoms with van der Waals surface area (Å²) < 4.78 is 7.35. The third-order valence-electron chi connectivity index (χ3n) is 3.69. The Morgan fingerprint density at radius 1 is 1.38 bits per heavy atom. The van der Waals surface area contributed by atoms with E-state index in [1.165, 1.54) is 0 Å². The van der Waals surface area contributed by atoms with Gasteiger partial charge in [0.25, 0.3) is 5.91 Å². The van der Waals surface area contributed by atoms with E-state index in [1.54, 1.807) is 32.0 Å². The van der Waals surface area contributed by atoms with Gasteiger partial charge in [-0.05, 0) is 18.6 Å². The number of aromatic nitrogens is 3. The van der Waals surface area contributed by atoms with Crippen molar-refractivity contribution in [1.82, 2.24) is 19.4 Å². The fourth-order valence-electron chi connectivity index (χ4n) is 2.72.